The third kappa shape index (κ3) is 4.55. The van der Waals surface area contributed by atoms with Crippen molar-refractivity contribution in [1.29, 1.82) is 0 Å². The summed E-state index contributed by atoms with van der Waals surface area (Å²) in [5, 5.41) is 21.6. The van der Waals surface area contributed by atoms with Crippen molar-refractivity contribution in [2.24, 2.45) is 5.92 Å². The highest BCUT2D eigenvalue weighted by molar-refractivity contribution is 7.88. The van der Waals surface area contributed by atoms with Crippen LogP contribution in [0.25, 0.3) is 0 Å². The Bertz CT molecular complexity index is 1080. The number of hydrogen-bond donors (Lipinski definition) is 2. The SMILES string of the molecule is [2H]C([2H])([2H])N(CC1CN(S(=O)(=O)Cc2ccccc2)CCC1(O)c1cccc(O)c1)C([2H])([2H])[2H]. The molecule has 1 aliphatic heterocycles. The summed E-state index contributed by atoms with van der Waals surface area (Å²) in [5.41, 5.74) is -0.931. The van der Waals surface area contributed by atoms with Crippen LogP contribution < -0.4 is 0 Å². The molecular formula is C21H28N2O4S. The van der Waals surface area contributed by atoms with Crippen molar-refractivity contribution in [2.75, 3.05) is 33.6 Å². The van der Waals surface area contributed by atoms with Crippen molar-refractivity contribution in [3.63, 3.8) is 0 Å². The maximum atomic E-state index is 13.2. The molecule has 2 atom stereocenters. The quantitative estimate of drug-likeness (QED) is 0.761. The number of piperidine rings is 1. The maximum Gasteiger partial charge on any atom is 0.218 e. The van der Waals surface area contributed by atoms with Gasteiger partial charge in [-0.05, 0) is 43.6 Å². The predicted molar refractivity (Wildman–Crippen MR) is 109 cm³/mol. The number of aliphatic hydroxyl groups is 1. The molecule has 0 aromatic heterocycles. The van der Waals surface area contributed by atoms with Crippen molar-refractivity contribution in [3.8, 4) is 5.75 Å². The van der Waals surface area contributed by atoms with Crippen molar-refractivity contribution < 1.29 is 26.9 Å². The number of phenolic OH excluding ortho intramolecular Hbond substituents is 1. The first-order valence-electron chi connectivity index (χ1n) is 11.9. The van der Waals surface area contributed by atoms with Crippen LogP contribution in [0.5, 0.6) is 5.75 Å². The summed E-state index contributed by atoms with van der Waals surface area (Å²) in [5.74, 6) is -1.52. The standard InChI is InChI=1S/C21H28N2O4S/c1-22(2)14-19-15-23(28(26,27)16-17-7-4-3-5-8-17)12-11-21(19,25)18-9-6-10-20(24)13-18/h3-10,13,19,24-25H,11-12,14-16H2,1-2H3/i1D3,2D3. The summed E-state index contributed by atoms with van der Waals surface area (Å²) in [6.07, 6.45) is -0.106. The Morgan fingerprint density at radius 3 is 2.64 bits per heavy atom. The second kappa shape index (κ2) is 8.21. The van der Waals surface area contributed by atoms with Gasteiger partial charge in [0.15, 0.2) is 0 Å². The third-order valence-corrected chi connectivity index (χ3v) is 6.99. The van der Waals surface area contributed by atoms with Gasteiger partial charge in [0.25, 0.3) is 0 Å². The van der Waals surface area contributed by atoms with Gasteiger partial charge in [0.1, 0.15) is 5.75 Å². The van der Waals surface area contributed by atoms with Crippen LogP contribution >= 0.6 is 0 Å². The predicted octanol–water partition coefficient (Wildman–Crippen LogP) is 1.99. The van der Waals surface area contributed by atoms with Crippen LogP contribution in [0, 0.1) is 5.92 Å². The number of aromatic hydroxyl groups is 1. The molecule has 0 amide bonds. The Morgan fingerprint density at radius 1 is 1.21 bits per heavy atom. The van der Waals surface area contributed by atoms with E-state index in [-0.39, 0.29) is 36.6 Å². The Kier molecular flexibility index (Phi) is 4.14. The minimum atomic E-state index is -3.84. The fourth-order valence-corrected chi connectivity index (χ4v) is 5.27. The average Bonchev–Trinajstić information content (AvgIpc) is 2.71. The molecule has 28 heavy (non-hydrogen) atoms. The molecule has 2 unspecified atom stereocenters. The van der Waals surface area contributed by atoms with E-state index in [1.807, 2.05) is 0 Å². The molecular weight excluding hydrogens is 376 g/mol. The van der Waals surface area contributed by atoms with Crippen LogP contribution in [0.2, 0.25) is 0 Å². The molecule has 0 bridgehead atoms. The van der Waals surface area contributed by atoms with Crippen LogP contribution in [0.4, 0.5) is 0 Å². The van der Waals surface area contributed by atoms with Crippen molar-refractivity contribution in [1.82, 2.24) is 9.21 Å². The lowest BCUT2D eigenvalue weighted by Gasteiger charge is -2.45. The number of rotatable bonds is 6. The van der Waals surface area contributed by atoms with Gasteiger partial charge in [-0.25, -0.2) is 12.7 Å². The highest BCUT2D eigenvalue weighted by atomic mass is 32.2. The van der Waals surface area contributed by atoms with Crippen molar-refractivity contribution in [3.05, 3.63) is 65.7 Å². The van der Waals surface area contributed by atoms with E-state index in [0.29, 0.717) is 10.5 Å². The van der Waals surface area contributed by atoms with Crippen LogP contribution in [0.15, 0.2) is 54.6 Å². The zero-order valence-corrected chi connectivity index (χ0v) is 16.1. The lowest BCUT2D eigenvalue weighted by Crippen LogP contribution is -2.54. The lowest BCUT2D eigenvalue weighted by molar-refractivity contribution is -0.0699. The van der Waals surface area contributed by atoms with E-state index in [9.17, 15) is 18.6 Å². The second-order valence-electron chi connectivity index (χ2n) is 7.13. The second-order valence-corrected chi connectivity index (χ2v) is 9.10. The van der Waals surface area contributed by atoms with E-state index < -0.39 is 42.0 Å². The van der Waals surface area contributed by atoms with E-state index in [2.05, 4.69) is 0 Å². The summed E-state index contributed by atoms with van der Waals surface area (Å²) in [4.78, 5) is 0.325. The van der Waals surface area contributed by atoms with Crippen LogP contribution in [0.1, 0.15) is 25.8 Å². The minimum Gasteiger partial charge on any atom is -0.508 e. The summed E-state index contributed by atoms with van der Waals surface area (Å²) in [6, 6.07) is 14.3. The summed E-state index contributed by atoms with van der Waals surface area (Å²) in [7, 11) is -3.84. The van der Waals surface area contributed by atoms with E-state index in [1.54, 1.807) is 30.3 Å². The van der Waals surface area contributed by atoms with Gasteiger partial charge in [-0.3, -0.25) is 0 Å². The van der Waals surface area contributed by atoms with E-state index in [0.717, 1.165) is 0 Å². The van der Waals surface area contributed by atoms with Crippen molar-refractivity contribution >= 4 is 10.0 Å². The number of hydrogen-bond acceptors (Lipinski definition) is 5. The first-order chi connectivity index (χ1) is 15.6. The Labute approximate surface area is 175 Å². The minimum absolute atomic E-state index is 0.0562. The molecule has 1 heterocycles. The van der Waals surface area contributed by atoms with Crippen LogP contribution in [-0.2, 0) is 21.4 Å². The first kappa shape index (κ1) is 14.1. The highest BCUT2D eigenvalue weighted by Crippen LogP contribution is 2.39. The molecule has 3 rings (SSSR count). The number of sulfonamides is 1. The molecule has 6 nitrogen and oxygen atoms in total. The first-order valence-corrected chi connectivity index (χ1v) is 10.6. The molecule has 0 aliphatic carbocycles. The van der Waals surface area contributed by atoms with Crippen LogP contribution in [-0.4, -0.2) is 61.4 Å². The fraction of sp³-hybridized carbons (Fsp3) is 0.429. The summed E-state index contributed by atoms with van der Waals surface area (Å²) >= 11 is 0. The van der Waals surface area contributed by atoms with Gasteiger partial charge >= 0.3 is 0 Å². The number of phenols is 1. The summed E-state index contributed by atoms with van der Waals surface area (Å²) in [6.45, 7) is -6.97. The van der Waals surface area contributed by atoms with E-state index in [4.69, 9.17) is 8.22 Å². The van der Waals surface area contributed by atoms with Crippen LogP contribution in [0.3, 0.4) is 0 Å². The highest BCUT2D eigenvalue weighted by Gasteiger charge is 2.45. The lowest BCUT2D eigenvalue weighted by atomic mass is 9.76. The molecule has 7 heteroatoms. The average molecular weight is 411 g/mol. The molecule has 2 aromatic carbocycles. The molecule has 2 aromatic rings. The van der Waals surface area contributed by atoms with E-state index in [1.165, 1.54) is 28.6 Å². The molecule has 1 fully saturated rings. The normalized spacial score (nSPS) is 27.9. The van der Waals surface area contributed by atoms with Gasteiger partial charge in [-0.1, -0.05) is 42.5 Å². The number of nitrogens with zero attached hydrogens (tertiary/aromatic N) is 2. The smallest absolute Gasteiger partial charge is 0.218 e. The van der Waals surface area contributed by atoms with Gasteiger partial charge in [-0.15, -0.1) is 0 Å². The monoisotopic (exact) mass is 410 g/mol. The zero-order chi connectivity index (χ0) is 25.4. The topological polar surface area (TPSA) is 81.1 Å². The number of benzene rings is 2. The van der Waals surface area contributed by atoms with Gasteiger partial charge < -0.3 is 15.1 Å². The largest absolute Gasteiger partial charge is 0.508 e. The Hall–Kier alpha value is -1.93. The summed E-state index contributed by atoms with van der Waals surface area (Å²) < 4.78 is 73.7. The molecule has 0 spiro atoms. The fourth-order valence-electron chi connectivity index (χ4n) is 3.70. The van der Waals surface area contributed by atoms with Gasteiger partial charge in [0, 0.05) is 33.8 Å². The zero-order valence-electron chi connectivity index (χ0n) is 21.3. The molecule has 152 valence electrons. The molecule has 2 N–H and O–H groups in total. The maximum absolute atomic E-state index is 13.2. The molecule has 1 saturated heterocycles. The Balaban J connectivity index is 1.98. The molecule has 1 aliphatic rings. The van der Waals surface area contributed by atoms with E-state index >= 15 is 0 Å². The Morgan fingerprint density at radius 2 is 1.96 bits per heavy atom. The molecule has 0 radical (unpaired) electrons. The third-order valence-electron chi connectivity index (χ3n) is 5.18. The van der Waals surface area contributed by atoms with Gasteiger partial charge in [-0.2, -0.15) is 0 Å². The van der Waals surface area contributed by atoms with Crippen molar-refractivity contribution in [2.45, 2.75) is 17.8 Å². The van der Waals surface area contributed by atoms with Gasteiger partial charge in [0.05, 0.1) is 11.4 Å². The molecule has 0 saturated carbocycles. The van der Waals surface area contributed by atoms with Gasteiger partial charge in [0.2, 0.25) is 10.0 Å².